The summed E-state index contributed by atoms with van der Waals surface area (Å²) < 4.78 is 13.1. The van der Waals surface area contributed by atoms with E-state index in [0.29, 0.717) is 17.5 Å². The van der Waals surface area contributed by atoms with Crippen LogP contribution in [0, 0.1) is 0 Å². The highest BCUT2D eigenvalue weighted by molar-refractivity contribution is 6.10. The van der Waals surface area contributed by atoms with E-state index in [2.05, 4.69) is 140 Å². The SMILES string of the molecule is c1ccc2c(c1)-c1ccccc1C21c2ccccc2-c2cccc(-c3ccc(-c4nc(-c5cccc6c5oc5ccccc56)nc(-c5cccc6c5oc5ccccc56)n4)cc3)c21. The summed E-state index contributed by atoms with van der Waals surface area (Å²) in [5, 5.41) is 4.12. The Balaban J connectivity index is 0.967. The molecule has 14 rings (SSSR count). The van der Waals surface area contributed by atoms with Crippen LogP contribution >= 0.6 is 0 Å². The summed E-state index contributed by atoms with van der Waals surface area (Å²) in [5.74, 6) is 1.61. The Morgan fingerprint density at radius 2 is 0.667 bits per heavy atom. The number of aromatic nitrogens is 3. The lowest BCUT2D eigenvalue weighted by molar-refractivity contribution is 0.669. The van der Waals surface area contributed by atoms with E-state index < -0.39 is 5.41 Å². The van der Waals surface area contributed by atoms with Crippen LogP contribution < -0.4 is 0 Å². The van der Waals surface area contributed by atoms with Gasteiger partial charge in [0.2, 0.25) is 0 Å². The lowest BCUT2D eigenvalue weighted by Crippen LogP contribution is -2.26. The standard InChI is InChI=1S/C58H33N3O2/c1-6-25-47-37(14-1)38-15-2-7-26-48(38)58(47)49-27-8-3-16-39(49)42-20-11-19-36(52(42)58)34-30-32-35(33-31-34)55-59-56(45-23-12-21-43-40-17-4-9-28-50(40)62-53(43)45)61-57(60-55)46-24-13-22-44-41-18-5-10-29-51(41)63-54(44)46/h1-33H. The summed E-state index contributed by atoms with van der Waals surface area (Å²) in [7, 11) is 0. The molecule has 0 atom stereocenters. The number of furan rings is 2. The number of hydrogen-bond acceptors (Lipinski definition) is 5. The molecule has 0 N–H and O–H groups in total. The van der Waals surface area contributed by atoms with E-state index >= 15 is 0 Å². The molecule has 3 aromatic heterocycles. The van der Waals surface area contributed by atoms with Gasteiger partial charge in [0.15, 0.2) is 17.5 Å². The zero-order chi connectivity index (χ0) is 41.2. The molecule has 0 radical (unpaired) electrons. The highest BCUT2D eigenvalue weighted by Gasteiger charge is 2.52. The van der Waals surface area contributed by atoms with E-state index in [-0.39, 0.29) is 0 Å². The second-order valence-corrected chi connectivity index (χ2v) is 16.6. The lowest BCUT2D eigenvalue weighted by Gasteiger charge is -2.32. The fraction of sp³-hybridized carbons (Fsp3) is 0.0172. The third kappa shape index (κ3) is 4.68. The van der Waals surface area contributed by atoms with Gasteiger partial charge in [-0.2, -0.15) is 0 Å². The molecule has 0 aliphatic heterocycles. The quantitative estimate of drug-likeness (QED) is 0.177. The van der Waals surface area contributed by atoms with Crippen molar-refractivity contribution < 1.29 is 8.83 Å². The molecule has 1 spiro atoms. The molecule has 0 unspecified atom stereocenters. The topological polar surface area (TPSA) is 65.0 Å². The normalized spacial score (nSPS) is 13.2. The fourth-order valence-electron chi connectivity index (χ4n) is 10.8. The van der Waals surface area contributed by atoms with Crippen LogP contribution in [0.4, 0.5) is 0 Å². The summed E-state index contributed by atoms with van der Waals surface area (Å²) in [6, 6.07) is 70.9. The van der Waals surface area contributed by atoms with Gasteiger partial charge < -0.3 is 8.83 Å². The highest BCUT2D eigenvalue weighted by atomic mass is 16.3. The van der Waals surface area contributed by atoms with Crippen LogP contribution in [0.5, 0.6) is 0 Å². The Labute approximate surface area is 361 Å². The van der Waals surface area contributed by atoms with Gasteiger partial charge in [0.25, 0.3) is 0 Å². The predicted molar refractivity (Wildman–Crippen MR) is 252 cm³/mol. The Morgan fingerprint density at radius 1 is 0.286 bits per heavy atom. The predicted octanol–water partition coefficient (Wildman–Crippen LogP) is 14.7. The molecule has 0 saturated carbocycles. The van der Waals surface area contributed by atoms with Crippen LogP contribution in [0.2, 0.25) is 0 Å². The monoisotopic (exact) mass is 803 g/mol. The maximum absolute atomic E-state index is 6.53. The molecule has 3 heterocycles. The lowest BCUT2D eigenvalue weighted by atomic mass is 9.68. The van der Waals surface area contributed by atoms with Crippen LogP contribution in [-0.2, 0) is 5.41 Å². The summed E-state index contributed by atoms with van der Waals surface area (Å²) in [4.78, 5) is 15.6. The molecule has 2 aliphatic rings. The van der Waals surface area contributed by atoms with Crippen molar-refractivity contribution in [2.24, 2.45) is 0 Å². The number of hydrogen-bond donors (Lipinski definition) is 0. The Hall–Kier alpha value is -8.41. The van der Waals surface area contributed by atoms with Crippen LogP contribution in [-0.4, -0.2) is 15.0 Å². The number of para-hydroxylation sites is 4. The smallest absolute Gasteiger partial charge is 0.167 e. The highest BCUT2D eigenvalue weighted by Crippen LogP contribution is 2.64. The van der Waals surface area contributed by atoms with Gasteiger partial charge >= 0.3 is 0 Å². The molecule has 12 aromatic rings. The van der Waals surface area contributed by atoms with Crippen molar-refractivity contribution in [2.75, 3.05) is 0 Å². The van der Waals surface area contributed by atoms with Crippen LogP contribution in [0.25, 0.3) is 111 Å². The van der Waals surface area contributed by atoms with Gasteiger partial charge in [-0.3, -0.25) is 0 Å². The molecule has 292 valence electrons. The summed E-state index contributed by atoms with van der Waals surface area (Å²) in [6.45, 7) is 0. The summed E-state index contributed by atoms with van der Waals surface area (Å²) in [6.07, 6.45) is 0. The molecule has 5 nitrogen and oxygen atoms in total. The van der Waals surface area contributed by atoms with Crippen molar-refractivity contribution in [3.05, 3.63) is 222 Å². The molecular weight excluding hydrogens is 771 g/mol. The summed E-state index contributed by atoms with van der Waals surface area (Å²) in [5.41, 5.74) is 17.9. The molecule has 5 heteroatoms. The Kier molecular flexibility index (Phi) is 6.97. The third-order valence-electron chi connectivity index (χ3n) is 13.4. The molecule has 0 fully saturated rings. The number of nitrogens with zero attached hydrogens (tertiary/aromatic N) is 3. The Morgan fingerprint density at radius 3 is 1.22 bits per heavy atom. The van der Waals surface area contributed by atoms with Crippen LogP contribution in [0.15, 0.2) is 209 Å². The third-order valence-corrected chi connectivity index (χ3v) is 13.4. The van der Waals surface area contributed by atoms with Gasteiger partial charge in [-0.25, -0.2) is 15.0 Å². The first-order chi connectivity index (χ1) is 31.2. The molecule has 0 amide bonds. The molecule has 9 aromatic carbocycles. The van der Waals surface area contributed by atoms with Gasteiger partial charge in [0.1, 0.15) is 22.3 Å². The van der Waals surface area contributed by atoms with E-state index in [1.807, 2.05) is 60.7 Å². The van der Waals surface area contributed by atoms with Gasteiger partial charge in [-0.15, -0.1) is 0 Å². The second kappa shape index (κ2) is 12.8. The van der Waals surface area contributed by atoms with Crippen molar-refractivity contribution in [1.82, 2.24) is 15.0 Å². The minimum Gasteiger partial charge on any atom is -0.455 e. The minimum atomic E-state index is -0.457. The molecule has 0 saturated heterocycles. The number of benzene rings is 9. The number of rotatable bonds is 4. The fourth-order valence-corrected chi connectivity index (χ4v) is 10.8. The zero-order valence-corrected chi connectivity index (χ0v) is 33.7. The van der Waals surface area contributed by atoms with Crippen molar-refractivity contribution in [3.63, 3.8) is 0 Å². The molecular formula is C58H33N3O2. The van der Waals surface area contributed by atoms with Crippen molar-refractivity contribution in [2.45, 2.75) is 5.41 Å². The van der Waals surface area contributed by atoms with E-state index in [0.717, 1.165) is 66.1 Å². The first-order valence-corrected chi connectivity index (χ1v) is 21.3. The van der Waals surface area contributed by atoms with Crippen LogP contribution in [0.1, 0.15) is 22.3 Å². The van der Waals surface area contributed by atoms with Gasteiger partial charge in [0.05, 0.1) is 16.5 Å². The van der Waals surface area contributed by atoms with E-state index in [1.165, 1.54) is 50.1 Å². The maximum Gasteiger partial charge on any atom is 0.167 e. The molecule has 63 heavy (non-hydrogen) atoms. The van der Waals surface area contributed by atoms with Crippen molar-refractivity contribution >= 4 is 43.9 Å². The van der Waals surface area contributed by atoms with Crippen molar-refractivity contribution in [1.29, 1.82) is 0 Å². The average Bonchev–Trinajstić information content (AvgIpc) is 4.09. The van der Waals surface area contributed by atoms with Gasteiger partial charge in [-0.05, 0) is 79.9 Å². The maximum atomic E-state index is 6.53. The van der Waals surface area contributed by atoms with Gasteiger partial charge in [-0.1, -0.05) is 176 Å². The minimum absolute atomic E-state index is 0.457. The van der Waals surface area contributed by atoms with E-state index in [9.17, 15) is 0 Å². The molecule has 2 aliphatic carbocycles. The Bertz CT molecular complexity index is 3680. The first kappa shape index (κ1) is 34.3. The van der Waals surface area contributed by atoms with Gasteiger partial charge in [0, 0.05) is 27.1 Å². The molecule has 0 bridgehead atoms. The van der Waals surface area contributed by atoms with E-state index in [4.69, 9.17) is 23.8 Å². The van der Waals surface area contributed by atoms with Crippen molar-refractivity contribution in [3.8, 4) is 67.5 Å². The largest absolute Gasteiger partial charge is 0.455 e. The zero-order valence-electron chi connectivity index (χ0n) is 33.7. The van der Waals surface area contributed by atoms with E-state index in [1.54, 1.807) is 0 Å². The second-order valence-electron chi connectivity index (χ2n) is 16.6. The number of fused-ring (bicyclic) bond motifs is 16. The average molecular weight is 804 g/mol. The van der Waals surface area contributed by atoms with Crippen LogP contribution in [0.3, 0.4) is 0 Å². The first-order valence-electron chi connectivity index (χ1n) is 21.3. The summed E-state index contributed by atoms with van der Waals surface area (Å²) >= 11 is 0.